The van der Waals surface area contributed by atoms with Gasteiger partial charge >= 0.3 is 0 Å². The van der Waals surface area contributed by atoms with Crippen LogP contribution in [0, 0.1) is 0 Å². The van der Waals surface area contributed by atoms with Crippen LogP contribution < -0.4 is 5.32 Å². The van der Waals surface area contributed by atoms with Gasteiger partial charge in [-0.25, -0.2) is 0 Å². The molecule has 0 aliphatic rings. The van der Waals surface area contributed by atoms with Crippen molar-refractivity contribution in [3.05, 3.63) is 65.9 Å². The van der Waals surface area contributed by atoms with Crippen molar-refractivity contribution in [1.82, 2.24) is 9.88 Å². The van der Waals surface area contributed by atoms with Crippen LogP contribution in [0.2, 0.25) is 0 Å². The highest BCUT2D eigenvalue weighted by molar-refractivity contribution is 7.84. The second-order valence-corrected chi connectivity index (χ2v) is 7.26. The van der Waals surface area contributed by atoms with Crippen LogP contribution in [0.4, 0.5) is 0 Å². The Balaban J connectivity index is 1.81. The fraction of sp³-hybridized carbons (Fsp3) is 0.211. The molecule has 124 valence electrons. The summed E-state index contributed by atoms with van der Waals surface area (Å²) in [6, 6.07) is 15.1. The highest BCUT2D eigenvalue weighted by Crippen LogP contribution is 2.21. The quantitative estimate of drug-likeness (QED) is 0.791. The molecular weight excluding hydrogens is 320 g/mol. The third-order valence-electron chi connectivity index (χ3n) is 4.23. The van der Waals surface area contributed by atoms with Crippen LogP contribution in [0.15, 0.2) is 59.6 Å². The molecule has 0 saturated heterocycles. The van der Waals surface area contributed by atoms with Crippen LogP contribution in [-0.4, -0.2) is 20.9 Å². The lowest BCUT2D eigenvalue weighted by Crippen LogP contribution is -2.26. The fourth-order valence-corrected chi connectivity index (χ4v) is 3.33. The first-order valence-corrected chi connectivity index (χ1v) is 9.31. The van der Waals surface area contributed by atoms with E-state index < -0.39 is 10.8 Å². The highest BCUT2D eigenvalue weighted by Gasteiger charge is 2.15. The molecule has 1 N–H and O–H groups in total. The lowest BCUT2D eigenvalue weighted by atomic mass is 10.1. The number of aromatic nitrogens is 1. The molecule has 0 spiro atoms. The lowest BCUT2D eigenvalue weighted by molar-refractivity contribution is 0.0941. The number of amides is 1. The second kappa shape index (κ2) is 6.61. The van der Waals surface area contributed by atoms with Crippen LogP contribution in [0.3, 0.4) is 0 Å². The van der Waals surface area contributed by atoms with Crippen LogP contribution in [0.1, 0.15) is 28.9 Å². The lowest BCUT2D eigenvalue weighted by Gasteiger charge is -2.15. The van der Waals surface area contributed by atoms with Crippen LogP contribution in [0.25, 0.3) is 10.9 Å². The van der Waals surface area contributed by atoms with E-state index >= 15 is 0 Å². The van der Waals surface area contributed by atoms with Crippen LogP contribution in [-0.2, 0) is 17.8 Å². The van der Waals surface area contributed by atoms with Crippen molar-refractivity contribution in [3.8, 4) is 0 Å². The van der Waals surface area contributed by atoms with Gasteiger partial charge in [-0.15, -0.1) is 0 Å². The molecule has 0 unspecified atom stereocenters. The molecule has 1 amide bonds. The zero-order valence-electron chi connectivity index (χ0n) is 13.9. The van der Waals surface area contributed by atoms with E-state index in [0.29, 0.717) is 5.56 Å². The van der Waals surface area contributed by atoms with E-state index in [4.69, 9.17) is 0 Å². The van der Waals surface area contributed by atoms with Crippen LogP contribution in [0.5, 0.6) is 0 Å². The number of rotatable bonds is 4. The maximum Gasteiger partial charge on any atom is 0.252 e. The zero-order valence-corrected chi connectivity index (χ0v) is 14.8. The molecule has 1 heterocycles. The summed E-state index contributed by atoms with van der Waals surface area (Å²) in [6.45, 7) is 1.95. The predicted octanol–water partition coefficient (Wildman–Crippen LogP) is 3.41. The molecular formula is C19H20N2O2S. The largest absolute Gasteiger partial charge is 0.351 e. The van der Waals surface area contributed by atoms with Crippen molar-refractivity contribution in [2.45, 2.75) is 17.9 Å². The summed E-state index contributed by atoms with van der Waals surface area (Å²) >= 11 is 0. The molecule has 0 fully saturated rings. The number of hydrogen-bond donors (Lipinski definition) is 1. The number of hydrogen-bond acceptors (Lipinski definition) is 2. The minimum atomic E-state index is -0.994. The summed E-state index contributed by atoms with van der Waals surface area (Å²) in [5, 5.41) is 3.98. The molecule has 0 aliphatic heterocycles. The van der Waals surface area contributed by atoms with Crippen molar-refractivity contribution >= 4 is 27.6 Å². The van der Waals surface area contributed by atoms with Gasteiger partial charge in [0.05, 0.1) is 6.04 Å². The average Bonchev–Trinajstić information content (AvgIpc) is 2.96. The van der Waals surface area contributed by atoms with Gasteiger partial charge < -0.3 is 9.88 Å². The molecule has 1 aromatic heterocycles. The van der Waals surface area contributed by atoms with Gasteiger partial charge in [-0.3, -0.25) is 9.00 Å². The van der Waals surface area contributed by atoms with Gasteiger partial charge in [0.25, 0.3) is 5.91 Å². The number of nitrogens with zero attached hydrogens (tertiary/aromatic N) is 1. The first-order chi connectivity index (χ1) is 11.5. The summed E-state index contributed by atoms with van der Waals surface area (Å²) in [5.41, 5.74) is 2.69. The molecule has 5 heteroatoms. The summed E-state index contributed by atoms with van der Waals surface area (Å²) in [5.74, 6) is -0.0950. The van der Waals surface area contributed by atoms with E-state index in [1.807, 2.05) is 73.3 Å². The topological polar surface area (TPSA) is 51.1 Å². The van der Waals surface area contributed by atoms with Gasteiger partial charge in [-0.2, -0.15) is 0 Å². The smallest absolute Gasteiger partial charge is 0.252 e. The Bertz CT molecular complexity index is 913. The summed E-state index contributed by atoms with van der Waals surface area (Å²) in [7, 11) is 0.970. The first kappa shape index (κ1) is 16.5. The summed E-state index contributed by atoms with van der Waals surface area (Å²) < 4.78 is 13.5. The van der Waals surface area contributed by atoms with Gasteiger partial charge in [-0.1, -0.05) is 18.2 Å². The van der Waals surface area contributed by atoms with E-state index in [1.165, 1.54) is 0 Å². The molecule has 4 nitrogen and oxygen atoms in total. The van der Waals surface area contributed by atoms with Crippen molar-refractivity contribution in [3.63, 3.8) is 0 Å². The van der Waals surface area contributed by atoms with E-state index in [2.05, 4.69) is 5.32 Å². The molecule has 0 saturated carbocycles. The minimum Gasteiger partial charge on any atom is -0.351 e. The third-order valence-corrected chi connectivity index (χ3v) is 5.17. The van der Waals surface area contributed by atoms with Crippen molar-refractivity contribution in [1.29, 1.82) is 0 Å². The number of carbonyl (C=O) groups is 1. The molecule has 3 aromatic rings. The summed E-state index contributed by atoms with van der Waals surface area (Å²) in [4.78, 5) is 13.4. The van der Waals surface area contributed by atoms with Crippen molar-refractivity contribution in [2.75, 3.05) is 6.26 Å². The van der Waals surface area contributed by atoms with Gasteiger partial charge in [0.1, 0.15) is 0 Å². The number of nitrogens with one attached hydrogen (secondary N) is 1. The van der Waals surface area contributed by atoms with E-state index in [0.717, 1.165) is 21.4 Å². The van der Waals surface area contributed by atoms with E-state index in [-0.39, 0.29) is 11.9 Å². The molecule has 3 rings (SSSR count). The van der Waals surface area contributed by atoms with Crippen molar-refractivity contribution in [2.24, 2.45) is 7.05 Å². The molecule has 0 radical (unpaired) electrons. The maximum absolute atomic E-state index is 12.7. The minimum absolute atomic E-state index is 0.0950. The van der Waals surface area contributed by atoms with Gasteiger partial charge in [0, 0.05) is 51.7 Å². The standard InChI is InChI=1S/C19H20N2O2S/c1-13(14-7-9-15(10-8-14)24(3)23)20-19(22)17-5-4-6-18-16(17)11-12-21(18)2/h4-13H,1-3H3,(H,20,22)/t13-,24+/m1/s1. The number of aryl methyl sites for hydroxylation is 1. The van der Waals surface area contributed by atoms with E-state index in [9.17, 15) is 9.00 Å². The maximum atomic E-state index is 12.7. The monoisotopic (exact) mass is 340 g/mol. The van der Waals surface area contributed by atoms with Gasteiger partial charge in [-0.05, 0) is 42.8 Å². The van der Waals surface area contributed by atoms with Gasteiger partial charge in [0.2, 0.25) is 0 Å². The Labute approximate surface area is 143 Å². The number of carbonyl (C=O) groups excluding carboxylic acids is 1. The Kier molecular flexibility index (Phi) is 4.53. The van der Waals surface area contributed by atoms with E-state index in [1.54, 1.807) is 6.26 Å². The fourth-order valence-electron chi connectivity index (χ4n) is 2.81. The molecule has 0 bridgehead atoms. The molecule has 2 atom stereocenters. The SMILES string of the molecule is C[C@@H](NC(=O)c1cccc2c1ccn2C)c1ccc([S@](C)=O)cc1. The molecule has 0 aliphatic carbocycles. The van der Waals surface area contributed by atoms with Crippen LogP contribution >= 0.6 is 0 Å². The number of benzene rings is 2. The first-order valence-electron chi connectivity index (χ1n) is 7.75. The average molecular weight is 340 g/mol. The highest BCUT2D eigenvalue weighted by atomic mass is 32.2. The van der Waals surface area contributed by atoms with Gasteiger partial charge in [0.15, 0.2) is 0 Å². The predicted molar refractivity (Wildman–Crippen MR) is 97.6 cm³/mol. The Hall–Kier alpha value is -2.40. The second-order valence-electron chi connectivity index (χ2n) is 5.88. The molecule has 24 heavy (non-hydrogen) atoms. The third kappa shape index (κ3) is 3.12. The summed E-state index contributed by atoms with van der Waals surface area (Å²) in [6.07, 6.45) is 3.61. The zero-order chi connectivity index (χ0) is 17.3. The Morgan fingerprint density at radius 3 is 2.50 bits per heavy atom. The Morgan fingerprint density at radius 2 is 1.83 bits per heavy atom. The molecule has 2 aromatic carbocycles. The normalized spacial score (nSPS) is 13.6. The Morgan fingerprint density at radius 1 is 1.12 bits per heavy atom. The van der Waals surface area contributed by atoms with Crippen molar-refractivity contribution < 1.29 is 9.00 Å². The number of fused-ring (bicyclic) bond motifs is 1.